The summed E-state index contributed by atoms with van der Waals surface area (Å²) in [6, 6.07) is -0.931. The Bertz CT molecular complexity index is 706. The Labute approximate surface area is 207 Å². The summed E-state index contributed by atoms with van der Waals surface area (Å²) in [5, 5.41) is 29.8. The molecule has 0 aromatic heterocycles. The van der Waals surface area contributed by atoms with E-state index in [1.54, 1.807) is 12.2 Å². The van der Waals surface area contributed by atoms with Crippen molar-refractivity contribution in [1.29, 1.82) is 0 Å². The van der Waals surface area contributed by atoms with Crippen LogP contribution in [0.5, 0.6) is 0 Å². The zero-order chi connectivity index (χ0) is 25.6. The van der Waals surface area contributed by atoms with Gasteiger partial charge in [0.2, 0.25) is 5.91 Å². The lowest BCUT2D eigenvalue weighted by Gasteiger charge is -2.21. The number of amides is 1. The third kappa shape index (κ3) is 19.1. The number of carboxylic acids is 2. The molecule has 0 aromatic rings. The fourth-order valence-corrected chi connectivity index (χ4v) is 3.91. The van der Waals surface area contributed by atoms with Crippen molar-refractivity contribution in [1.82, 2.24) is 5.32 Å². The van der Waals surface area contributed by atoms with Gasteiger partial charge >= 0.3 is 11.9 Å². The molecule has 0 spiro atoms. The van der Waals surface area contributed by atoms with E-state index < -0.39 is 41.8 Å². The first-order chi connectivity index (χ1) is 16.3. The van der Waals surface area contributed by atoms with Crippen molar-refractivity contribution in [2.45, 2.75) is 75.7 Å². The van der Waals surface area contributed by atoms with Crippen LogP contribution >= 0.6 is 11.8 Å². The van der Waals surface area contributed by atoms with Gasteiger partial charge in [-0.3, -0.25) is 14.4 Å². The monoisotopic (exact) mass is 496 g/mol. The molecule has 0 aromatic carbocycles. The SMILES string of the molecule is CCCCCC=CCC=C/C=C/C=C/[C@@H](SCC(N)C(=O)NCC(=O)O)[C@@H](O)CCCC(=O)O. The standard InChI is InChI=1S/C25H40N2O6S/c1-2-3-4-5-6-7-8-9-10-11-12-13-16-22(21(28)15-14-17-23(29)30)34-19-20(26)25(33)27-18-24(31)32/h6-7,9-13,16,20-22,28H,2-5,8,14-15,17-19,26H2,1H3,(H,27,33)(H,29,30)(H,31,32)/b7-6?,10-9?,12-11+,16-13+/t20?,21-,22+/m0/s1. The average Bonchev–Trinajstić information content (AvgIpc) is 2.79. The number of aliphatic hydroxyl groups is 1. The van der Waals surface area contributed by atoms with E-state index in [2.05, 4.69) is 24.4 Å². The molecular formula is C25H40N2O6S. The number of thioether (sulfide) groups is 1. The molecule has 9 heteroatoms. The molecule has 192 valence electrons. The number of unbranched alkanes of at least 4 members (excludes halogenated alkanes) is 3. The summed E-state index contributed by atoms with van der Waals surface area (Å²) >= 11 is 1.26. The fourth-order valence-electron chi connectivity index (χ4n) is 2.77. The topological polar surface area (TPSA) is 150 Å². The molecule has 1 unspecified atom stereocenters. The van der Waals surface area contributed by atoms with Crippen molar-refractivity contribution >= 4 is 29.6 Å². The van der Waals surface area contributed by atoms with Crippen molar-refractivity contribution in [3.63, 3.8) is 0 Å². The number of carboxylic acid groups (broad SMARTS) is 2. The van der Waals surface area contributed by atoms with Gasteiger partial charge in [0.25, 0.3) is 0 Å². The van der Waals surface area contributed by atoms with E-state index in [0.717, 1.165) is 12.8 Å². The predicted molar refractivity (Wildman–Crippen MR) is 138 cm³/mol. The minimum Gasteiger partial charge on any atom is -0.481 e. The van der Waals surface area contributed by atoms with E-state index in [4.69, 9.17) is 15.9 Å². The predicted octanol–water partition coefficient (Wildman–Crippen LogP) is 3.43. The molecule has 0 bridgehead atoms. The van der Waals surface area contributed by atoms with Gasteiger partial charge in [0.1, 0.15) is 6.54 Å². The fraction of sp³-hybridized carbons (Fsp3) is 0.560. The zero-order valence-corrected chi connectivity index (χ0v) is 20.8. The molecule has 8 nitrogen and oxygen atoms in total. The van der Waals surface area contributed by atoms with E-state index in [0.29, 0.717) is 12.8 Å². The zero-order valence-electron chi connectivity index (χ0n) is 20.0. The number of hydrogen-bond acceptors (Lipinski definition) is 6. The Balaban J connectivity index is 4.70. The van der Waals surface area contributed by atoms with Crippen molar-refractivity contribution < 1.29 is 29.7 Å². The number of aliphatic hydroxyl groups excluding tert-OH is 1. The molecule has 3 atom stereocenters. The first-order valence-electron chi connectivity index (χ1n) is 11.7. The van der Waals surface area contributed by atoms with Crippen LogP contribution in [0.15, 0.2) is 48.6 Å². The number of carbonyl (C=O) groups excluding carboxylic acids is 1. The van der Waals surface area contributed by atoms with Gasteiger partial charge < -0.3 is 26.4 Å². The second kappa shape index (κ2) is 21.2. The smallest absolute Gasteiger partial charge is 0.322 e. The van der Waals surface area contributed by atoms with Gasteiger partial charge in [-0.1, -0.05) is 68.4 Å². The Hall–Kier alpha value is -2.36. The number of nitrogens with one attached hydrogen (secondary N) is 1. The molecule has 0 aliphatic rings. The highest BCUT2D eigenvalue weighted by Crippen LogP contribution is 2.21. The Morgan fingerprint density at radius 2 is 1.71 bits per heavy atom. The summed E-state index contributed by atoms with van der Waals surface area (Å²) in [6.45, 7) is 1.68. The van der Waals surface area contributed by atoms with Gasteiger partial charge in [0, 0.05) is 17.4 Å². The molecule has 0 heterocycles. The second-order valence-corrected chi connectivity index (χ2v) is 8.98. The number of nitrogens with two attached hydrogens (primary N) is 1. The molecule has 1 amide bonds. The minimum absolute atomic E-state index is 0.0347. The highest BCUT2D eigenvalue weighted by atomic mass is 32.2. The molecule has 0 rings (SSSR count). The summed E-state index contributed by atoms with van der Waals surface area (Å²) in [5.41, 5.74) is 5.82. The Kier molecular flexibility index (Phi) is 19.7. The Morgan fingerprint density at radius 1 is 0.971 bits per heavy atom. The van der Waals surface area contributed by atoms with Crippen LogP contribution in [-0.2, 0) is 14.4 Å². The maximum Gasteiger partial charge on any atom is 0.322 e. The van der Waals surface area contributed by atoms with Crippen LogP contribution in [0.2, 0.25) is 0 Å². The second-order valence-electron chi connectivity index (χ2n) is 7.77. The third-order valence-electron chi connectivity index (χ3n) is 4.67. The van der Waals surface area contributed by atoms with Crippen LogP contribution in [0.1, 0.15) is 58.3 Å². The van der Waals surface area contributed by atoms with Crippen LogP contribution in [0, 0.1) is 0 Å². The maximum atomic E-state index is 11.9. The Morgan fingerprint density at radius 3 is 2.38 bits per heavy atom. The van der Waals surface area contributed by atoms with E-state index in [-0.39, 0.29) is 12.2 Å². The molecule has 6 N–H and O–H groups in total. The van der Waals surface area contributed by atoms with Crippen LogP contribution in [0.25, 0.3) is 0 Å². The molecule has 0 aliphatic heterocycles. The third-order valence-corrected chi connectivity index (χ3v) is 6.08. The van der Waals surface area contributed by atoms with Gasteiger partial charge in [-0.05, 0) is 32.1 Å². The largest absolute Gasteiger partial charge is 0.481 e. The molecule has 34 heavy (non-hydrogen) atoms. The lowest BCUT2D eigenvalue weighted by atomic mass is 10.1. The van der Waals surface area contributed by atoms with Gasteiger partial charge in [-0.15, -0.1) is 11.8 Å². The maximum absolute atomic E-state index is 11.9. The van der Waals surface area contributed by atoms with E-state index in [9.17, 15) is 19.5 Å². The number of allylic oxidation sites excluding steroid dienone is 7. The number of carbonyl (C=O) groups is 3. The van der Waals surface area contributed by atoms with Gasteiger partial charge in [0.05, 0.1) is 12.1 Å². The summed E-state index contributed by atoms with van der Waals surface area (Å²) in [6.07, 6.45) is 21.1. The normalized spacial score (nSPS) is 14.8. The number of hydrogen-bond donors (Lipinski definition) is 5. The van der Waals surface area contributed by atoms with Crippen molar-refractivity contribution in [2.24, 2.45) is 5.73 Å². The summed E-state index contributed by atoms with van der Waals surface area (Å²) in [7, 11) is 0. The van der Waals surface area contributed by atoms with E-state index >= 15 is 0 Å². The summed E-state index contributed by atoms with van der Waals surface area (Å²) in [5.74, 6) is -2.49. The van der Waals surface area contributed by atoms with Crippen LogP contribution in [0.4, 0.5) is 0 Å². The molecule has 0 saturated carbocycles. The van der Waals surface area contributed by atoms with Crippen LogP contribution in [0.3, 0.4) is 0 Å². The quantitative estimate of drug-likeness (QED) is 0.0977. The first kappa shape index (κ1) is 31.6. The van der Waals surface area contributed by atoms with Gasteiger partial charge in [-0.25, -0.2) is 0 Å². The van der Waals surface area contributed by atoms with Gasteiger partial charge in [0.15, 0.2) is 0 Å². The van der Waals surface area contributed by atoms with Crippen molar-refractivity contribution in [2.75, 3.05) is 12.3 Å². The van der Waals surface area contributed by atoms with Gasteiger partial charge in [-0.2, -0.15) is 0 Å². The molecule has 0 saturated heterocycles. The number of rotatable bonds is 20. The molecule has 0 fully saturated rings. The van der Waals surface area contributed by atoms with E-state index in [1.165, 1.54) is 31.0 Å². The highest BCUT2D eigenvalue weighted by Gasteiger charge is 2.21. The van der Waals surface area contributed by atoms with Crippen LogP contribution in [-0.4, -0.2) is 62.9 Å². The molecular weight excluding hydrogens is 456 g/mol. The molecule has 0 aliphatic carbocycles. The highest BCUT2D eigenvalue weighted by molar-refractivity contribution is 8.00. The first-order valence-corrected chi connectivity index (χ1v) is 12.7. The minimum atomic E-state index is -1.16. The average molecular weight is 497 g/mol. The van der Waals surface area contributed by atoms with Crippen molar-refractivity contribution in [3.05, 3.63) is 48.6 Å². The van der Waals surface area contributed by atoms with Crippen LogP contribution < -0.4 is 11.1 Å². The lowest BCUT2D eigenvalue weighted by molar-refractivity contribution is -0.138. The summed E-state index contributed by atoms with van der Waals surface area (Å²) in [4.78, 5) is 33.2. The van der Waals surface area contributed by atoms with Crippen molar-refractivity contribution in [3.8, 4) is 0 Å². The summed E-state index contributed by atoms with van der Waals surface area (Å²) < 4.78 is 0. The van der Waals surface area contributed by atoms with E-state index in [1.807, 2.05) is 24.3 Å². The molecule has 0 radical (unpaired) electrons. The lowest BCUT2D eigenvalue weighted by Crippen LogP contribution is -2.44. The number of aliphatic carboxylic acids is 2.